The molecule has 0 N–H and O–H groups in total. The van der Waals surface area contributed by atoms with Gasteiger partial charge in [0.1, 0.15) is 0 Å². The Morgan fingerprint density at radius 2 is 1.93 bits per heavy atom. The van der Waals surface area contributed by atoms with E-state index in [4.69, 9.17) is 4.74 Å². The second kappa shape index (κ2) is 5.47. The van der Waals surface area contributed by atoms with Gasteiger partial charge in [-0.2, -0.15) is 0 Å². The number of methoxy groups -OCH3 is 1. The Morgan fingerprint density at radius 3 is 2.40 bits per heavy atom. The van der Waals surface area contributed by atoms with Crippen molar-refractivity contribution < 1.29 is 9.53 Å². The minimum absolute atomic E-state index is 0.0532. The van der Waals surface area contributed by atoms with E-state index < -0.39 is 0 Å². The van der Waals surface area contributed by atoms with Crippen LogP contribution in [0.15, 0.2) is 29.8 Å². The lowest BCUT2D eigenvalue weighted by atomic mass is 10.1. The van der Waals surface area contributed by atoms with Gasteiger partial charge in [0.2, 0.25) is 0 Å². The summed E-state index contributed by atoms with van der Waals surface area (Å²) in [6, 6.07) is 8.04. The zero-order valence-electron chi connectivity index (χ0n) is 9.41. The summed E-state index contributed by atoms with van der Waals surface area (Å²) in [7, 11) is 1.59. The van der Waals surface area contributed by atoms with Gasteiger partial charge in [-0.3, -0.25) is 4.79 Å². The third-order valence-electron chi connectivity index (χ3n) is 2.17. The quantitative estimate of drug-likeness (QED) is 0.705. The molecular weight excluding hydrogens is 188 g/mol. The van der Waals surface area contributed by atoms with Gasteiger partial charge in [0.25, 0.3) is 0 Å². The molecule has 1 rings (SSSR count). The van der Waals surface area contributed by atoms with Crippen molar-refractivity contribution in [1.82, 2.24) is 0 Å². The maximum Gasteiger partial charge on any atom is 0.158 e. The minimum Gasteiger partial charge on any atom is -0.380 e. The average Bonchev–Trinajstić information content (AvgIpc) is 2.20. The van der Waals surface area contributed by atoms with Crippen LogP contribution >= 0.6 is 0 Å². The Labute approximate surface area is 90.6 Å². The Morgan fingerprint density at radius 1 is 1.33 bits per heavy atom. The maximum atomic E-state index is 11.3. The van der Waals surface area contributed by atoms with Crippen LogP contribution in [-0.2, 0) is 9.53 Å². The number of Topliss-reactive ketones (excluding diaryl/α,β-unsaturated/α-hetero) is 1. The van der Waals surface area contributed by atoms with E-state index in [0.29, 0.717) is 12.2 Å². The van der Waals surface area contributed by atoms with Crippen LogP contribution in [0.1, 0.15) is 18.1 Å². The molecule has 0 aliphatic carbocycles. The van der Waals surface area contributed by atoms with E-state index in [1.807, 2.05) is 37.3 Å². The van der Waals surface area contributed by atoms with Gasteiger partial charge in [-0.1, -0.05) is 29.8 Å². The van der Waals surface area contributed by atoms with Crippen molar-refractivity contribution in [2.75, 3.05) is 13.7 Å². The van der Waals surface area contributed by atoms with Crippen LogP contribution in [0.4, 0.5) is 0 Å². The van der Waals surface area contributed by atoms with Crippen molar-refractivity contribution >= 4 is 11.9 Å². The number of carbonyl (C=O) groups is 1. The largest absolute Gasteiger partial charge is 0.380 e. The molecule has 0 aliphatic rings. The van der Waals surface area contributed by atoms with Crippen molar-refractivity contribution in [1.29, 1.82) is 0 Å². The number of ether oxygens (including phenoxy) is 1. The molecule has 15 heavy (non-hydrogen) atoms. The van der Waals surface area contributed by atoms with Gasteiger partial charge in [0, 0.05) is 12.7 Å². The van der Waals surface area contributed by atoms with E-state index >= 15 is 0 Å². The molecule has 2 heteroatoms. The van der Waals surface area contributed by atoms with Gasteiger partial charge in [-0.15, -0.1) is 0 Å². The number of benzene rings is 1. The summed E-state index contributed by atoms with van der Waals surface area (Å²) in [4.78, 5) is 11.3. The van der Waals surface area contributed by atoms with Gasteiger partial charge >= 0.3 is 0 Å². The number of rotatable bonds is 4. The molecule has 80 valence electrons. The van der Waals surface area contributed by atoms with Crippen molar-refractivity contribution in [2.45, 2.75) is 13.8 Å². The van der Waals surface area contributed by atoms with Crippen LogP contribution in [0.3, 0.4) is 0 Å². The van der Waals surface area contributed by atoms with Crippen molar-refractivity contribution in [3.8, 4) is 0 Å². The Balaban J connectivity index is 2.91. The molecule has 0 amide bonds. The standard InChI is InChI=1S/C13H16O2/c1-10-4-6-12(7-5-10)8-13(9-15-3)11(2)14/h4-8H,9H2,1-3H3/b13-8+. The molecule has 1 aromatic rings. The summed E-state index contributed by atoms with van der Waals surface area (Å²) < 4.78 is 4.97. The maximum absolute atomic E-state index is 11.3. The number of aryl methyl sites for hydroxylation is 1. The second-order valence-electron chi connectivity index (χ2n) is 3.57. The van der Waals surface area contributed by atoms with E-state index in [9.17, 15) is 4.79 Å². The number of hydrogen-bond donors (Lipinski definition) is 0. The first-order chi connectivity index (χ1) is 7.13. The summed E-state index contributed by atoms with van der Waals surface area (Å²) in [5.41, 5.74) is 2.94. The van der Waals surface area contributed by atoms with Crippen molar-refractivity contribution in [3.63, 3.8) is 0 Å². The van der Waals surface area contributed by atoms with E-state index in [-0.39, 0.29) is 5.78 Å². The fraction of sp³-hybridized carbons (Fsp3) is 0.308. The lowest BCUT2D eigenvalue weighted by Crippen LogP contribution is -2.03. The lowest BCUT2D eigenvalue weighted by molar-refractivity contribution is -0.114. The molecule has 0 unspecified atom stereocenters. The molecular formula is C13H16O2. The van der Waals surface area contributed by atoms with Crippen molar-refractivity contribution in [2.24, 2.45) is 0 Å². The molecule has 0 atom stereocenters. The van der Waals surface area contributed by atoms with E-state index in [1.54, 1.807) is 14.0 Å². The van der Waals surface area contributed by atoms with Crippen LogP contribution in [-0.4, -0.2) is 19.5 Å². The highest BCUT2D eigenvalue weighted by atomic mass is 16.5. The zero-order chi connectivity index (χ0) is 11.3. The predicted octanol–water partition coefficient (Wildman–Crippen LogP) is 2.61. The highest BCUT2D eigenvalue weighted by molar-refractivity contribution is 5.98. The monoisotopic (exact) mass is 204 g/mol. The topological polar surface area (TPSA) is 26.3 Å². The summed E-state index contributed by atoms with van der Waals surface area (Å²) in [6.07, 6.45) is 1.87. The van der Waals surface area contributed by atoms with Gasteiger partial charge in [-0.25, -0.2) is 0 Å². The Bertz CT molecular complexity index is 361. The highest BCUT2D eigenvalue weighted by Gasteiger charge is 2.02. The average molecular weight is 204 g/mol. The van der Waals surface area contributed by atoms with E-state index in [0.717, 1.165) is 5.56 Å². The summed E-state index contributed by atoms with van der Waals surface area (Å²) >= 11 is 0. The molecule has 0 heterocycles. The van der Waals surface area contributed by atoms with Crippen LogP contribution < -0.4 is 0 Å². The SMILES string of the molecule is COC/C(=C\c1ccc(C)cc1)C(C)=O. The van der Waals surface area contributed by atoms with Crippen LogP contribution in [0.2, 0.25) is 0 Å². The molecule has 0 aromatic heterocycles. The van der Waals surface area contributed by atoms with Gasteiger partial charge in [0.05, 0.1) is 6.61 Å². The van der Waals surface area contributed by atoms with Gasteiger partial charge in [0.15, 0.2) is 5.78 Å². The third-order valence-corrected chi connectivity index (χ3v) is 2.17. The molecule has 0 saturated carbocycles. The summed E-state index contributed by atoms with van der Waals surface area (Å²) in [5, 5.41) is 0. The molecule has 0 saturated heterocycles. The van der Waals surface area contributed by atoms with Crippen LogP contribution in [0, 0.1) is 6.92 Å². The molecule has 0 bridgehead atoms. The smallest absolute Gasteiger partial charge is 0.158 e. The lowest BCUT2D eigenvalue weighted by Gasteiger charge is -2.02. The summed E-state index contributed by atoms with van der Waals surface area (Å²) in [5.74, 6) is 0.0532. The minimum atomic E-state index is 0.0532. The zero-order valence-corrected chi connectivity index (χ0v) is 9.41. The molecule has 0 spiro atoms. The first-order valence-electron chi connectivity index (χ1n) is 4.90. The normalized spacial score (nSPS) is 11.5. The first kappa shape index (κ1) is 11.7. The predicted molar refractivity (Wildman–Crippen MR) is 61.7 cm³/mol. The second-order valence-corrected chi connectivity index (χ2v) is 3.57. The van der Waals surface area contributed by atoms with E-state index in [2.05, 4.69) is 0 Å². The third kappa shape index (κ3) is 3.68. The van der Waals surface area contributed by atoms with Crippen LogP contribution in [0.5, 0.6) is 0 Å². The highest BCUT2D eigenvalue weighted by Crippen LogP contribution is 2.09. The van der Waals surface area contributed by atoms with Gasteiger partial charge < -0.3 is 4.74 Å². The molecule has 0 fully saturated rings. The number of hydrogen-bond acceptors (Lipinski definition) is 2. The number of carbonyl (C=O) groups excluding carboxylic acids is 1. The Kier molecular flexibility index (Phi) is 4.25. The fourth-order valence-corrected chi connectivity index (χ4v) is 1.26. The number of ketones is 1. The molecule has 0 radical (unpaired) electrons. The first-order valence-corrected chi connectivity index (χ1v) is 4.90. The molecule has 1 aromatic carbocycles. The van der Waals surface area contributed by atoms with Gasteiger partial charge in [-0.05, 0) is 25.5 Å². The van der Waals surface area contributed by atoms with Crippen LogP contribution in [0.25, 0.3) is 6.08 Å². The van der Waals surface area contributed by atoms with E-state index in [1.165, 1.54) is 5.56 Å². The molecule has 0 aliphatic heterocycles. The molecule has 2 nitrogen and oxygen atoms in total. The Hall–Kier alpha value is -1.41. The summed E-state index contributed by atoms with van der Waals surface area (Å²) in [6.45, 7) is 3.96. The fourth-order valence-electron chi connectivity index (χ4n) is 1.26. The van der Waals surface area contributed by atoms with Crippen molar-refractivity contribution in [3.05, 3.63) is 41.0 Å².